The van der Waals surface area contributed by atoms with E-state index in [1.165, 1.54) is 5.56 Å². The van der Waals surface area contributed by atoms with Gasteiger partial charge in [-0.25, -0.2) is 0 Å². The normalized spacial score (nSPS) is 17.5. The van der Waals surface area contributed by atoms with Gasteiger partial charge in [-0.3, -0.25) is 9.69 Å². The van der Waals surface area contributed by atoms with Crippen LogP contribution in [-0.2, 0) is 11.3 Å². The monoisotopic (exact) mass is 475 g/mol. The Balaban J connectivity index is 1.09. The first-order valence-electron chi connectivity index (χ1n) is 12.4. The number of piperazine rings is 1. The average molecular weight is 476 g/mol. The molecule has 3 heterocycles. The molecule has 0 bridgehead atoms. The molecule has 8 heteroatoms. The van der Waals surface area contributed by atoms with Gasteiger partial charge >= 0.3 is 0 Å². The summed E-state index contributed by atoms with van der Waals surface area (Å²) >= 11 is 0. The quantitative estimate of drug-likeness (QED) is 0.539. The van der Waals surface area contributed by atoms with Gasteiger partial charge in [0.25, 0.3) is 0 Å². The minimum atomic E-state index is 0.0925. The van der Waals surface area contributed by atoms with Gasteiger partial charge in [0, 0.05) is 37.7 Å². The van der Waals surface area contributed by atoms with Crippen molar-refractivity contribution in [2.75, 3.05) is 51.3 Å². The van der Waals surface area contributed by atoms with Gasteiger partial charge in [-0.2, -0.15) is 4.98 Å². The summed E-state index contributed by atoms with van der Waals surface area (Å²) in [6.07, 6.45) is 1.73. The highest BCUT2D eigenvalue weighted by Gasteiger charge is 2.31. The summed E-state index contributed by atoms with van der Waals surface area (Å²) in [4.78, 5) is 24.4. The molecule has 0 saturated carbocycles. The van der Waals surface area contributed by atoms with Crippen molar-refractivity contribution in [3.8, 4) is 17.1 Å². The second-order valence-corrected chi connectivity index (χ2v) is 9.41. The maximum Gasteiger partial charge on any atom is 0.241 e. The third-order valence-corrected chi connectivity index (χ3v) is 7.09. The average Bonchev–Trinajstić information content (AvgIpc) is 3.37. The Morgan fingerprint density at radius 2 is 1.71 bits per heavy atom. The van der Waals surface area contributed by atoms with Crippen LogP contribution in [0, 0.1) is 12.8 Å². The smallest absolute Gasteiger partial charge is 0.241 e. The minimum Gasteiger partial charge on any atom is -0.495 e. The second kappa shape index (κ2) is 10.5. The molecule has 35 heavy (non-hydrogen) atoms. The van der Waals surface area contributed by atoms with Crippen LogP contribution in [0.2, 0.25) is 0 Å². The number of methoxy groups -OCH3 is 1. The number of hydrogen-bond acceptors (Lipinski definition) is 7. The van der Waals surface area contributed by atoms with Crippen LogP contribution < -0.4 is 9.64 Å². The third-order valence-electron chi connectivity index (χ3n) is 7.09. The van der Waals surface area contributed by atoms with Gasteiger partial charge in [-0.15, -0.1) is 0 Å². The first-order chi connectivity index (χ1) is 17.1. The fourth-order valence-corrected chi connectivity index (χ4v) is 4.99. The maximum atomic E-state index is 13.2. The molecule has 2 aromatic carbocycles. The van der Waals surface area contributed by atoms with Crippen LogP contribution in [0.1, 0.15) is 24.3 Å². The van der Waals surface area contributed by atoms with E-state index in [1.54, 1.807) is 7.11 Å². The molecule has 0 aliphatic carbocycles. The number of aryl methyl sites for hydroxylation is 1. The van der Waals surface area contributed by atoms with E-state index in [0.29, 0.717) is 24.2 Å². The Kier molecular flexibility index (Phi) is 6.99. The predicted molar refractivity (Wildman–Crippen MR) is 134 cm³/mol. The number of piperidine rings is 1. The van der Waals surface area contributed by atoms with Gasteiger partial charge in [0.1, 0.15) is 5.75 Å². The second-order valence-electron chi connectivity index (χ2n) is 9.41. The molecule has 0 unspecified atom stereocenters. The van der Waals surface area contributed by atoms with E-state index < -0.39 is 0 Å². The number of anilines is 1. The van der Waals surface area contributed by atoms with Crippen LogP contribution in [0.5, 0.6) is 5.75 Å². The van der Waals surface area contributed by atoms with Crippen molar-refractivity contribution in [1.82, 2.24) is 19.9 Å². The number of para-hydroxylation sites is 2. The molecule has 1 amide bonds. The van der Waals surface area contributed by atoms with Gasteiger partial charge in [0.2, 0.25) is 17.6 Å². The van der Waals surface area contributed by atoms with E-state index >= 15 is 0 Å². The summed E-state index contributed by atoms with van der Waals surface area (Å²) in [7, 11) is 1.70. The van der Waals surface area contributed by atoms with Gasteiger partial charge in [-0.1, -0.05) is 47.1 Å². The molecule has 2 aliphatic heterocycles. The summed E-state index contributed by atoms with van der Waals surface area (Å²) in [5.74, 6) is 2.51. The number of carbonyl (C=O) groups is 1. The molecule has 5 rings (SSSR count). The summed E-state index contributed by atoms with van der Waals surface area (Å²) in [6.45, 7) is 7.55. The number of amides is 1. The maximum absolute atomic E-state index is 13.2. The number of carbonyl (C=O) groups excluding carboxylic acids is 1. The van der Waals surface area contributed by atoms with Gasteiger partial charge < -0.3 is 19.1 Å². The molecule has 2 fully saturated rings. The lowest BCUT2D eigenvalue weighted by molar-refractivity contribution is -0.137. The lowest BCUT2D eigenvalue weighted by atomic mass is 9.95. The van der Waals surface area contributed by atoms with E-state index in [-0.39, 0.29) is 5.92 Å². The number of hydrogen-bond donors (Lipinski definition) is 0. The summed E-state index contributed by atoms with van der Waals surface area (Å²) < 4.78 is 11.0. The molecule has 184 valence electrons. The van der Waals surface area contributed by atoms with Crippen molar-refractivity contribution >= 4 is 11.6 Å². The zero-order valence-corrected chi connectivity index (χ0v) is 20.5. The Labute approximate surface area is 206 Å². The van der Waals surface area contributed by atoms with Crippen LogP contribution in [0.25, 0.3) is 11.4 Å². The molecule has 0 spiro atoms. The highest BCUT2D eigenvalue weighted by molar-refractivity contribution is 5.79. The topological polar surface area (TPSA) is 74.9 Å². The lowest BCUT2D eigenvalue weighted by Crippen LogP contribution is -2.51. The molecule has 0 atom stereocenters. The Morgan fingerprint density at radius 1 is 1.00 bits per heavy atom. The number of ether oxygens (including phenoxy) is 1. The fraction of sp³-hybridized carbons (Fsp3) is 0.444. The molecule has 2 saturated heterocycles. The van der Waals surface area contributed by atoms with E-state index in [0.717, 1.165) is 69.1 Å². The van der Waals surface area contributed by atoms with E-state index in [4.69, 9.17) is 9.26 Å². The molecule has 3 aromatic rings. The summed E-state index contributed by atoms with van der Waals surface area (Å²) in [5.41, 5.74) is 3.26. The zero-order valence-electron chi connectivity index (χ0n) is 20.5. The highest BCUT2D eigenvalue weighted by atomic mass is 16.5. The van der Waals surface area contributed by atoms with Crippen LogP contribution in [0.15, 0.2) is 53.1 Å². The van der Waals surface area contributed by atoms with Crippen molar-refractivity contribution in [2.24, 2.45) is 5.92 Å². The standard InChI is InChI=1S/C27H33N5O3/c1-20-7-9-21(10-8-20)26-28-25(35-29-26)19-30-13-11-22(12-14-30)27(33)32-17-15-31(16-18-32)23-5-3-4-6-24(23)34-2/h3-10,22H,11-19H2,1-2H3. The molecular formula is C27H33N5O3. The summed E-state index contributed by atoms with van der Waals surface area (Å²) in [6, 6.07) is 16.2. The van der Waals surface area contributed by atoms with Crippen molar-refractivity contribution in [3.63, 3.8) is 0 Å². The number of benzene rings is 2. The van der Waals surface area contributed by atoms with Crippen LogP contribution in [-0.4, -0.2) is 72.2 Å². The van der Waals surface area contributed by atoms with Crippen molar-refractivity contribution in [1.29, 1.82) is 0 Å². The molecule has 2 aliphatic rings. The van der Waals surface area contributed by atoms with Gasteiger partial charge in [-0.05, 0) is 45.0 Å². The number of nitrogens with zero attached hydrogens (tertiary/aromatic N) is 5. The molecule has 0 N–H and O–H groups in total. The largest absolute Gasteiger partial charge is 0.495 e. The number of aromatic nitrogens is 2. The van der Waals surface area contributed by atoms with Crippen molar-refractivity contribution < 1.29 is 14.1 Å². The Morgan fingerprint density at radius 3 is 2.43 bits per heavy atom. The van der Waals surface area contributed by atoms with E-state index in [1.807, 2.05) is 47.4 Å². The van der Waals surface area contributed by atoms with Crippen molar-refractivity contribution in [2.45, 2.75) is 26.3 Å². The minimum absolute atomic E-state index is 0.0925. The number of likely N-dealkylation sites (tertiary alicyclic amines) is 1. The molecule has 1 aromatic heterocycles. The lowest BCUT2D eigenvalue weighted by Gasteiger charge is -2.39. The molecular weight excluding hydrogens is 442 g/mol. The van der Waals surface area contributed by atoms with Crippen molar-refractivity contribution in [3.05, 3.63) is 60.0 Å². The van der Waals surface area contributed by atoms with Gasteiger partial charge in [0.15, 0.2) is 0 Å². The Bertz CT molecular complexity index is 1130. The van der Waals surface area contributed by atoms with Gasteiger partial charge in [0.05, 0.1) is 19.3 Å². The SMILES string of the molecule is COc1ccccc1N1CCN(C(=O)C2CCN(Cc3nc(-c4ccc(C)cc4)no3)CC2)CC1. The van der Waals surface area contributed by atoms with Crippen LogP contribution in [0.4, 0.5) is 5.69 Å². The predicted octanol–water partition coefficient (Wildman–Crippen LogP) is 3.61. The summed E-state index contributed by atoms with van der Waals surface area (Å²) in [5, 5.41) is 4.14. The van der Waals surface area contributed by atoms with Crippen LogP contribution in [0.3, 0.4) is 0 Å². The highest BCUT2D eigenvalue weighted by Crippen LogP contribution is 2.29. The van der Waals surface area contributed by atoms with Crippen LogP contribution >= 0.6 is 0 Å². The Hall–Kier alpha value is -3.39. The first kappa shape index (κ1) is 23.4. The first-order valence-corrected chi connectivity index (χ1v) is 12.4. The fourth-order valence-electron chi connectivity index (χ4n) is 4.99. The van der Waals surface area contributed by atoms with E-state index in [2.05, 4.69) is 32.9 Å². The third kappa shape index (κ3) is 5.32. The molecule has 0 radical (unpaired) electrons. The molecule has 8 nitrogen and oxygen atoms in total. The number of rotatable bonds is 6. The zero-order chi connectivity index (χ0) is 24.2. The van der Waals surface area contributed by atoms with E-state index in [9.17, 15) is 4.79 Å².